The van der Waals surface area contributed by atoms with Crippen molar-refractivity contribution in [1.82, 2.24) is 0 Å². The third-order valence-corrected chi connectivity index (χ3v) is 22.8. The van der Waals surface area contributed by atoms with Crippen LogP contribution in [0.3, 0.4) is 0 Å². The van der Waals surface area contributed by atoms with Crippen LogP contribution in [-0.2, 0) is 0 Å². The van der Waals surface area contributed by atoms with E-state index in [2.05, 4.69) is 332 Å². The van der Waals surface area contributed by atoms with E-state index in [1.807, 2.05) is 0 Å². The minimum atomic E-state index is -0.174. The number of hydrogen-bond acceptors (Lipinski definition) is 7. The molecule has 7 aliphatic rings. The summed E-state index contributed by atoms with van der Waals surface area (Å²) in [5.74, 6) is 0. The average Bonchev–Trinajstić information content (AvgIpc) is 1.02. The normalized spacial score (nSPS) is 13.7. The fourth-order valence-corrected chi connectivity index (χ4v) is 19.2. The monoisotopic (exact) mass is 1240 g/mol. The van der Waals surface area contributed by atoms with Gasteiger partial charge in [0.1, 0.15) is 0 Å². The molecule has 8 heterocycles. The molecule has 10 heteroatoms. The molecule has 0 radical (unpaired) electrons. The van der Waals surface area contributed by atoms with Crippen molar-refractivity contribution >= 4 is 169 Å². The number of hydrogen-bond donors (Lipinski definition) is 2. The fraction of sp³-hybridized carbons (Fsp3) is 0. The van der Waals surface area contributed by atoms with Gasteiger partial charge >= 0.3 is 519 Å². The second-order valence-corrected chi connectivity index (χ2v) is 27.0. The summed E-state index contributed by atoms with van der Waals surface area (Å²) in [6.07, 6.45) is 0. The molecule has 0 aliphatic carbocycles. The molecule has 0 unspecified atom stereocenters. The van der Waals surface area contributed by atoms with E-state index in [1.165, 1.54) is 126 Å². The molecule has 7 aliphatic heterocycles. The van der Waals surface area contributed by atoms with Crippen molar-refractivity contribution in [2.24, 2.45) is 0 Å². The van der Waals surface area contributed by atoms with Crippen molar-refractivity contribution in [3.8, 4) is 42.3 Å². The second kappa shape index (κ2) is 19.1. The number of anilines is 19. The summed E-state index contributed by atoms with van der Waals surface area (Å²) >= 11 is -0.160. The van der Waals surface area contributed by atoms with Crippen LogP contribution in [0.1, 0.15) is 0 Å². The Morgan fingerprint density at radius 1 is 0.272 bits per heavy atom. The molecule has 0 atom stereocenters. The Labute approximate surface area is 539 Å². The van der Waals surface area contributed by atoms with Crippen LogP contribution in [0, 0.1) is 0 Å². The summed E-state index contributed by atoms with van der Waals surface area (Å²) in [6.45, 7) is -0.310. The van der Waals surface area contributed by atoms with E-state index in [4.69, 9.17) is 0 Å². The zero-order valence-electron chi connectivity index (χ0n) is 49.6. The molecule has 21 rings (SSSR count). The Bertz CT molecular complexity index is 5420. The quantitative estimate of drug-likeness (QED) is 0.154. The Morgan fingerprint density at radius 2 is 0.707 bits per heavy atom. The summed E-state index contributed by atoms with van der Waals surface area (Å²) < 4.78 is 2.72. The number of fused-ring (bicyclic) bond motifs is 15. The van der Waals surface area contributed by atoms with Crippen LogP contribution in [0.2, 0.25) is 0 Å². The first-order valence-electron chi connectivity index (χ1n) is 31.7. The molecule has 0 saturated heterocycles. The SMILES string of the molecule is c1ccc(-c2cc3c4c(c2)B2c5ccc6c7c5N(c5cccc(c52)N4c2ccccc2N3)c2c(-c3ccccc3)[se]c(-c3ccccc3)c2N7c2cc(N(c3ccccc3)c3ccccc3)cc3c2B6c2ccc(-c4ccccc4)c4c2N3c2ccccc2N4)cc1. The predicted octanol–water partition coefficient (Wildman–Crippen LogP) is 17.5. The van der Waals surface area contributed by atoms with Crippen molar-refractivity contribution in [3.05, 3.63) is 297 Å². The van der Waals surface area contributed by atoms with Gasteiger partial charge in [-0.25, -0.2) is 0 Å². The van der Waals surface area contributed by atoms with E-state index in [0.717, 1.165) is 56.9 Å². The van der Waals surface area contributed by atoms with Crippen LogP contribution in [-0.4, -0.2) is 27.9 Å². The van der Waals surface area contributed by atoms with Crippen molar-refractivity contribution in [2.75, 3.05) is 35.1 Å². The molecule has 1 aromatic heterocycles. The van der Waals surface area contributed by atoms with Crippen molar-refractivity contribution in [1.29, 1.82) is 0 Å². The van der Waals surface area contributed by atoms with E-state index in [1.54, 1.807) is 0 Å². The molecule has 0 fully saturated rings. The van der Waals surface area contributed by atoms with Gasteiger partial charge in [-0.05, 0) is 0 Å². The summed E-state index contributed by atoms with van der Waals surface area (Å²) in [7, 11) is 0. The van der Waals surface area contributed by atoms with Gasteiger partial charge in [0.15, 0.2) is 0 Å². The zero-order chi connectivity index (χ0) is 59.9. The molecule has 0 spiro atoms. The third-order valence-electron chi connectivity index (χ3n) is 20.1. The van der Waals surface area contributed by atoms with E-state index in [9.17, 15) is 0 Å². The predicted molar refractivity (Wildman–Crippen MR) is 388 cm³/mol. The topological polar surface area (TPSA) is 40.3 Å². The maximum atomic E-state index is 4.11. The summed E-state index contributed by atoms with van der Waals surface area (Å²) in [5.41, 5.74) is 37.0. The van der Waals surface area contributed by atoms with Crippen LogP contribution in [0.5, 0.6) is 0 Å². The van der Waals surface area contributed by atoms with Crippen LogP contribution >= 0.6 is 0 Å². The summed E-state index contributed by atoms with van der Waals surface area (Å²) in [5, 5.41) is 8.12. The molecule has 426 valence electrons. The number of para-hydroxylation sites is 6. The Morgan fingerprint density at radius 3 is 1.30 bits per heavy atom. The maximum absolute atomic E-state index is 4.11. The molecular weight excluding hydrogens is 1180 g/mol. The average molecular weight is 1230 g/mol. The molecule has 0 bridgehead atoms. The number of benzene rings is 13. The Balaban J connectivity index is 0.934. The van der Waals surface area contributed by atoms with E-state index in [0.29, 0.717) is 0 Å². The van der Waals surface area contributed by atoms with Crippen LogP contribution in [0.15, 0.2) is 297 Å². The van der Waals surface area contributed by atoms with Crippen LogP contribution < -0.4 is 67.9 Å². The molecule has 2 N–H and O–H groups in total. The van der Waals surface area contributed by atoms with Gasteiger partial charge in [0.05, 0.1) is 0 Å². The first-order chi connectivity index (χ1) is 45.7. The zero-order valence-corrected chi connectivity index (χ0v) is 51.3. The van der Waals surface area contributed by atoms with Crippen molar-refractivity contribution in [2.45, 2.75) is 0 Å². The summed E-state index contributed by atoms with van der Waals surface area (Å²) in [4.78, 5) is 13.2. The molecule has 13 aromatic carbocycles. The van der Waals surface area contributed by atoms with E-state index < -0.39 is 0 Å². The molecule has 14 aromatic rings. The van der Waals surface area contributed by atoms with Gasteiger partial charge in [-0.15, -0.1) is 0 Å². The number of nitrogens with one attached hydrogen (secondary N) is 2. The van der Waals surface area contributed by atoms with Gasteiger partial charge in [-0.1, -0.05) is 24.3 Å². The Kier molecular flexibility index (Phi) is 10.5. The second-order valence-electron chi connectivity index (χ2n) is 24.9. The number of nitrogens with zero attached hydrogens (tertiary/aromatic N) is 5. The van der Waals surface area contributed by atoms with Gasteiger partial charge < -0.3 is 0 Å². The van der Waals surface area contributed by atoms with Crippen LogP contribution in [0.4, 0.5) is 108 Å². The molecular formula is C82H51B2N7Se. The summed E-state index contributed by atoms with van der Waals surface area (Å²) in [6, 6.07) is 111. The third kappa shape index (κ3) is 6.86. The minimum absolute atomic E-state index is 0.137. The first kappa shape index (κ1) is 50.5. The van der Waals surface area contributed by atoms with Gasteiger partial charge in [0.2, 0.25) is 0 Å². The first-order valence-corrected chi connectivity index (χ1v) is 33.5. The van der Waals surface area contributed by atoms with E-state index in [-0.39, 0.29) is 27.9 Å². The standard InChI is InChI=1S/C82H51B2N7Se/c1-7-24-50(25-8-1)54-46-62-75-65(47-54)85-63-36-19-21-38-66(63)88(75)68-40-23-41-69-72(68)84(62)61-45-44-60-78-77(61)90(69)79-80(82(53-30-13-4-14-31-53)92-81(79)52-28-11-3-12-29-52)91(78)71-49-57(87(55-32-15-5-16-33-55)56-34-17-6-18-35-56)48-70-73(71)83(60)59-43-42-58(51-26-9-2-10-27-51)74-76(59)89(70)67-39-22-20-37-64(67)86-74/h1-49,85-86H. The van der Waals surface area contributed by atoms with Gasteiger partial charge in [-0.2, -0.15) is 0 Å². The van der Waals surface area contributed by atoms with Gasteiger partial charge in [0, 0.05) is 0 Å². The van der Waals surface area contributed by atoms with Gasteiger partial charge in [0.25, 0.3) is 0 Å². The fourth-order valence-electron chi connectivity index (χ4n) is 16.5. The van der Waals surface area contributed by atoms with Crippen molar-refractivity contribution < 1.29 is 0 Å². The van der Waals surface area contributed by atoms with Crippen LogP contribution in [0.25, 0.3) is 42.3 Å². The molecule has 7 nitrogen and oxygen atoms in total. The molecule has 0 saturated carbocycles. The molecule has 0 amide bonds. The number of rotatable bonds is 7. The Hall–Kier alpha value is -11.4. The molecule has 92 heavy (non-hydrogen) atoms. The van der Waals surface area contributed by atoms with E-state index >= 15 is 0 Å². The van der Waals surface area contributed by atoms with Crippen molar-refractivity contribution in [3.63, 3.8) is 0 Å². The van der Waals surface area contributed by atoms with Gasteiger partial charge in [-0.3, -0.25) is 0 Å².